The fourth-order valence-corrected chi connectivity index (χ4v) is 6.84. The lowest BCUT2D eigenvalue weighted by molar-refractivity contribution is 0.0964. The van der Waals surface area contributed by atoms with Crippen molar-refractivity contribution in [3.8, 4) is 11.3 Å². The molecule has 0 saturated heterocycles. The van der Waals surface area contributed by atoms with E-state index in [-0.39, 0.29) is 39.7 Å². The van der Waals surface area contributed by atoms with Crippen LogP contribution in [0.4, 0.5) is 15.8 Å². The molecule has 5 rings (SSSR count). The van der Waals surface area contributed by atoms with Crippen molar-refractivity contribution in [1.29, 1.82) is 0 Å². The Bertz CT molecular complexity index is 1900. The maximum atomic E-state index is 13.6. The number of fused-ring (bicyclic) bond motifs is 1. The first-order chi connectivity index (χ1) is 19.2. The Hall–Kier alpha value is -3.72. The van der Waals surface area contributed by atoms with E-state index in [1.807, 2.05) is 0 Å². The second-order valence-electron chi connectivity index (χ2n) is 9.97. The third kappa shape index (κ3) is 5.47. The van der Waals surface area contributed by atoms with Crippen molar-refractivity contribution in [1.82, 2.24) is 5.32 Å². The normalized spacial score (nSPS) is 13.8. The number of sulfonamides is 1. The molecule has 1 aromatic heterocycles. The molecule has 0 atom stereocenters. The number of sulfone groups is 1. The molecule has 0 aliphatic heterocycles. The zero-order valence-corrected chi connectivity index (χ0v) is 23.9. The van der Waals surface area contributed by atoms with Crippen LogP contribution in [-0.2, 0) is 19.9 Å². The van der Waals surface area contributed by atoms with E-state index in [4.69, 9.17) is 4.42 Å². The van der Waals surface area contributed by atoms with Crippen LogP contribution in [0.1, 0.15) is 34.7 Å². The molecule has 10 nitrogen and oxygen atoms in total. The van der Waals surface area contributed by atoms with Gasteiger partial charge in [0, 0.05) is 35.8 Å². The second-order valence-corrected chi connectivity index (χ2v) is 13.8. The predicted octanol–water partition coefficient (Wildman–Crippen LogP) is 2.66. The highest BCUT2D eigenvalue weighted by Gasteiger charge is 2.34. The van der Waals surface area contributed by atoms with Gasteiger partial charge in [0.25, 0.3) is 5.91 Å². The van der Waals surface area contributed by atoms with E-state index in [0.717, 1.165) is 41.8 Å². The largest absolute Gasteiger partial charge is 0.489 e. The Morgan fingerprint density at radius 2 is 1.68 bits per heavy atom. The first-order valence-electron chi connectivity index (χ1n) is 12.5. The zero-order chi connectivity index (χ0) is 29.9. The lowest BCUT2D eigenvalue weighted by atomic mass is 9.80. The standard InChI is InChI=1S/C27H26BFN2O8S2/c1-30-27(32)25-20-13-19(15-4-5-15)22(14-23(20)39-26(25)16-6-8-17(29)9-7-16)31(41(3,37)38)18-10-11-21(28(33)34)24(12-18)40(2,35)36/h6-15,33-34H,4-5H2,1-3H3,(H,30,32). The average Bonchev–Trinajstić information content (AvgIpc) is 3.67. The number of furan rings is 1. The molecule has 1 saturated carbocycles. The SMILES string of the molecule is CNC(=O)c1c(-c2ccc(F)cc2)oc2cc(N(c3ccc(B(O)O)c(S(C)(=O)=O)c3)S(C)(=O)=O)c(C3CC3)cc12. The quantitative estimate of drug-likeness (QED) is 0.261. The van der Waals surface area contributed by atoms with Crippen molar-refractivity contribution < 1.29 is 40.5 Å². The van der Waals surface area contributed by atoms with Gasteiger partial charge in [0.05, 0.1) is 28.1 Å². The highest BCUT2D eigenvalue weighted by Crippen LogP contribution is 2.49. The lowest BCUT2D eigenvalue weighted by Gasteiger charge is -2.26. The maximum absolute atomic E-state index is 13.6. The van der Waals surface area contributed by atoms with Gasteiger partial charge >= 0.3 is 7.12 Å². The number of nitrogens with zero attached hydrogens (tertiary/aromatic N) is 1. The molecular formula is C27H26BFN2O8S2. The van der Waals surface area contributed by atoms with Gasteiger partial charge in [0.2, 0.25) is 10.0 Å². The molecule has 1 amide bonds. The van der Waals surface area contributed by atoms with Crippen molar-refractivity contribution in [2.45, 2.75) is 23.7 Å². The molecule has 1 aliphatic rings. The minimum Gasteiger partial charge on any atom is -0.455 e. The van der Waals surface area contributed by atoms with Crippen LogP contribution in [-0.4, -0.2) is 59.5 Å². The van der Waals surface area contributed by atoms with E-state index in [9.17, 15) is 36.1 Å². The Balaban J connectivity index is 1.81. The van der Waals surface area contributed by atoms with Crippen LogP contribution >= 0.6 is 0 Å². The minimum atomic E-state index is -4.09. The Labute approximate surface area is 236 Å². The van der Waals surface area contributed by atoms with Crippen LogP contribution in [0.15, 0.2) is 63.9 Å². The van der Waals surface area contributed by atoms with E-state index in [1.54, 1.807) is 6.07 Å². The number of nitrogens with one attached hydrogen (secondary N) is 1. The summed E-state index contributed by atoms with van der Waals surface area (Å²) in [7, 11) is -8.72. The van der Waals surface area contributed by atoms with Crippen molar-refractivity contribution in [2.24, 2.45) is 0 Å². The second kappa shape index (κ2) is 10.3. The highest BCUT2D eigenvalue weighted by atomic mass is 32.2. The number of rotatable bonds is 8. The molecule has 14 heteroatoms. The Kier molecular flexibility index (Phi) is 7.22. The summed E-state index contributed by atoms with van der Waals surface area (Å²) in [6, 6.07) is 12.1. The van der Waals surface area contributed by atoms with Crippen LogP contribution in [0.5, 0.6) is 0 Å². The number of carbonyl (C=O) groups excluding carboxylic acids is 1. The molecule has 1 aliphatic carbocycles. The van der Waals surface area contributed by atoms with Crippen LogP contribution in [0.2, 0.25) is 0 Å². The van der Waals surface area contributed by atoms with Crippen molar-refractivity contribution >= 4 is 60.7 Å². The van der Waals surface area contributed by atoms with Crippen LogP contribution < -0.4 is 15.1 Å². The van der Waals surface area contributed by atoms with Crippen LogP contribution in [0.3, 0.4) is 0 Å². The number of amides is 1. The third-order valence-electron chi connectivity index (χ3n) is 6.87. The minimum absolute atomic E-state index is 0.0340. The van der Waals surface area contributed by atoms with Gasteiger partial charge in [-0.1, -0.05) is 6.07 Å². The molecule has 41 heavy (non-hydrogen) atoms. The molecule has 1 heterocycles. The molecule has 1 fully saturated rings. The maximum Gasteiger partial charge on any atom is 0.489 e. The smallest absolute Gasteiger partial charge is 0.455 e. The Morgan fingerprint density at radius 3 is 2.22 bits per heavy atom. The predicted molar refractivity (Wildman–Crippen MR) is 153 cm³/mol. The summed E-state index contributed by atoms with van der Waals surface area (Å²) in [6.45, 7) is 0. The van der Waals surface area contributed by atoms with Gasteiger partial charge in [0.15, 0.2) is 9.84 Å². The number of hydrogen-bond donors (Lipinski definition) is 3. The lowest BCUT2D eigenvalue weighted by Crippen LogP contribution is -2.35. The number of hydrogen-bond acceptors (Lipinski definition) is 8. The first-order valence-corrected chi connectivity index (χ1v) is 16.2. The van der Waals surface area contributed by atoms with Crippen molar-refractivity contribution in [3.05, 3.63) is 71.5 Å². The van der Waals surface area contributed by atoms with Crippen molar-refractivity contribution in [2.75, 3.05) is 23.9 Å². The van der Waals surface area contributed by atoms with Gasteiger partial charge in [-0.05, 0) is 66.8 Å². The summed E-state index contributed by atoms with van der Waals surface area (Å²) in [5.41, 5.74) is 1.28. The van der Waals surface area contributed by atoms with E-state index < -0.39 is 43.6 Å². The zero-order valence-electron chi connectivity index (χ0n) is 22.3. The fraction of sp³-hybridized carbons (Fsp3) is 0.222. The average molecular weight is 600 g/mol. The summed E-state index contributed by atoms with van der Waals surface area (Å²) in [6.07, 6.45) is 3.37. The molecule has 214 valence electrons. The molecule has 0 bridgehead atoms. The molecule has 4 aromatic rings. The molecule has 0 unspecified atom stereocenters. The van der Waals surface area contributed by atoms with Gasteiger partial charge in [0.1, 0.15) is 17.2 Å². The van der Waals surface area contributed by atoms with Gasteiger partial charge < -0.3 is 19.8 Å². The van der Waals surface area contributed by atoms with E-state index in [2.05, 4.69) is 5.32 Å². The number of benzene rings is 3. The summed E-state index contributed by atoms with van der Waals surface area (Å²) in [5, 5.41) is 22.4. The van der Waals surface area contributed by atoms with Crippen LogP contribution in [0.25, 0.3) is 22.3 Å². The fourth-order valence-electron chi connectivity index (χ4n) is 4.89. The molecule has 3 N–H and O–H groups in total. The van der Waals surface area contributed by atoms with Gasteiger partial charge in [-0.2, -0.15) is 0 Å². The van der Waals surface area contributed by atoms with Gasteiger partial charge in [-0.25, -0.2) is 25.5 Å². The molecule has 3 aromatic carbocycles. The molecule has 0 radical (unpaired) electrons. The molecule has 0 spiro atoms. The van der Waals surface area contributed by atoms with E-state index >= 15 is 0 Å². The first kappa shape index (κ1) is 28.8. The van der Waals surface area contributed by atoms with Crippen LogP contribution in [0, 0.1) is 5.82 Å². The van der Waals surface area contributed by atoms with Gasteiger partial charge in [-0.3, -0.25) is 4.79 Å². The van der Waals surface area contributed by atoms with E-state index in [0.29, 0.717) is 16.5 Å². The van der Waals surface area contributed by atoms with Gasteiger partial charge in [-0.15, -0.1) is 0 Å². The van der Waals surface area contributed by atoms with Crippen molar-refractivity contribution in [3.63, 3.8) is 0 Å². The number of carbonyl (C=O) groups is 1. The molecular weight excluding hydrogens is 574 g/mol. The summed E-state index contributed by atoms with van der Waals surface area (Å²) in [4.78, 5) is 12.6. The van der Waals surface area contributed by atoms with E-state index in [1.165, 1.54) is 43.4 Å². The Morgan fingerprint density at radius 1 is 1.02 bits per heavy atom. The summed E-state index contributed by atoms with van der Waals surface area (Å²) < 4.78 is 72.3. The third-order valence-corrected chi connectivity index (χ3v) is 9.10. The summed E-state index contributed by atoms with van der Waals surface area (Å²) >= 11 is 0. The number of anilines is 2. The number of halogens is 1. The monoisotopic (exact) mass is 600 g/mol. The highest BCUT2D eigenvalue weighted by molar-refractivity contribution is 7.92. The topological polar surface area (TPSA) is 154 Å². The summed E-state index contributed by atoms with van der Waals surface area (Å²) in [5.74, 6) is -0.784.